The lowest BCUT2D eigenvalue weighted by Crippen LogP contribution is -2.54. The van der Waals surface area contributed by atoms with Crippen molar-refractivity contribution in [2.24, 2.45) is 0 Å². The molecule has 2 atom stereocenters. The highest BCUT2D eigenvalue weighted by Gasteiger charge is 2.41. The van der Waals surface area contributed by atoms with Crippen LogP contribution in [-0.4, -0.2) is 22.1 Å². The zero-order valence-corrected chi connectivity index (χ0v) is 11.3. The number of aliphatic carboxylic acids is 1. The van der Waals surface area contributed by atoms with Crippen LogP contribution in [0.5, 0.6) is 0 Å². The van der Waals surface area contributed by atoms with E-state index in [9.17, 15) is 9.90 Å². The van der Waals surface area contributed by atoms with Gasteiger partial charge in [-0.3, -0.25) is 10.1 Å². The van der Waals surface area contributed by atoms with Gasteiger partial charge in [0.15, 0.2) is 0 Å². The van der Waals surface area contributed by atoms with Gasteiger partial charge in [-0.2, -0.15) is 0 Å². The van der Waals surface area contributed by atoms with E-state index >= 15 is 0 Å². The predicted molar refractivity (Wildman–Crippen MR) is 73.3 cm³/mol. The fourth-order valence-electron chi connectivity index (χ4n) is 2.68. The first-order chi connectivity index (χ1) is 9.11. The Balaban J connectivity index is 2.15. The van der Waals surface area contributed by atoms with Gasteiger partial charge in [-0.1, -0.05) is 24.3 Å². The van der Waals surface area contributed by atoms with Gasteiger partial charge in [0.1, 0.15) is 11.0 Å². The predicted octanol–water partition coefficient (Wildman–Crippen LogP) is 2.01. The van der Waals surface area contributed by atoms with Crippen LogP contribution in [0.1, 0.15) is 23.1 Å². The number of carbonyl (C=O) groups is 1. The standard InChI is InChI=1S/C14H14N2O2S/c1-14(13-15-6-7-19-13)10-5-3-2-4-9(10)8-11(16-14)12(17)18/h2-7,11,16H,8H2,1H3,(H,17,18). The third kappa shape index (κ3) is 1.95. The lowest BCUT2D eigenvalue weighted by atomic mass is 9.81. The maximum atomic E-state index is 11.3. The molecule has 98 valence electrons. The molecule has 1 aromatic carbocycles. The minimum Gasteiger partial charge on any atom is -0.480 e. The van der Waals surface area contributed by atoms with Crippen molar-refractivity contribution in [2.45, 2.75) is 24.9 Å². The van der Waals surface area contributed by atoms with E-state index in [1.807, 2.05) is 36.6 Å². The summed E-state index contributed by atoms with van der Waals surface area (Å²) in [6, 6.07) is 7.39. The van der Waals surface area contributed by atoms with Gasteiger partial charge in [-0.15, -0.1) is 11.3 Å². The van der Waals surface area contributed by atoms with Crippen LogP contribution >= 0.6 is 11.3 Å². The molecule has 1 aromatic heterocycles. The number of hydrogen-bond donors (Lipinski definition) is 2. The fourth-order valence-corrected chi connectivity index (χ4v) is 3.46. The molecule has 1 aliphatic rings. The summed E-state index contributed by atoms with van der Waals surface area (Å²) >= 11 is 1.54. The van der Waals surface area contributed by atoms with Gasteiger partial charge in [-0.05, 0) is 24.5 Å². The van der Waals surface area contributed by atoms with E-state index in [0.717, 1.165) is 16.1 Å². The molecule has 0 aliphatic carbocycles. The molecule has 2 heterocycles. The van der Waals surface area contributed by atoms with Gasteiger partial charge in [0.05, 0.1) is 5.54 Å². The lowest BCUT2D eigenvalue weighted by Gasteiger charge is -2.38. The number of thiazole rings is 1. The van der Waals surface area contributed by atoms with E-state index in [1.54, 1.807) is 6.20 Å². The van der Waals surface area contributed by atoms with Crippen molar-refractivity contribution in [3.05, 3.63) is 52.0 Å². The number of carboxylic acids is 1. The Morgan fingerprint density at radius 1 is 1.53 bits per heavy atom. The molecule has 4 nitrogen and oxygen atoms in total. The number of fused-ring (bicyclic) bond motifs is 1. The second-order valence-electron chi connectivity index (χ2n) is 4.86. The molecule has 0 radical (unpaired) electrons. The van der Waals surface area contributed by atoms with Gasteiger partial charge in [0, 0.05) is 11.6 Å². The summed E-state index contributed by atoms with van der Waals surface area (Å²) < 4.78 is 0. The van der Waals surface area contributed by atoms with E-state index in [-0.39, 0.29) is 0 Å². The van der Waals surface area contributed by atoms with Crippen molar-refractivity contribution in [2.75, 3.05) is 0 Å². The number of hydrogen-bond acceptors (Lipinski definition) is 4. The molecular weight excluding hydrogens is 260 g/mol. The van der Waals surface area contributed by atoms with Gasteiger partial charge in [0.25, 0.3) is 0 Å². The van der Waals surface area contributed by atoms with Crippen LogP contribution in [0, 0.1) is 0 Å². The quantitative estimate of drug-likeness (QED) is 0.879. The Labute approximate surface area is 115 Å². The SMILES string of the molecule is CC1(c2nccs2)NC(C(=O)O)Cc2ccccc21. The average molecular weight is 274 g/mol. The van der Waals surface area contributed by atoms with Crippen LogP contribution in [-0.2, 0) is 16.8 Å². The summed E-state index contributed by atoms with van der Waals surface area (Å²) in [5.74, 6) is -0.822. The number of nitrogens with zero attached hydrogens (tertiary/aromatic N) is 1. The van der Waals surface area contributed by atoms with Gasteiger partial charge >= 0.3 is 5.97 Å². The number of aromatic nitrogens is 1. The Morgan fingerprint density at radius 3 is 3.00 bits per heavy atom. The van der Waals surface area contributed by atoms with E-state index in [0.29, 0.717) is 6.42 Å². The Hall–Kier alpha value is -1.72. The first-order valence-corrected chi connectivity index (χ1v) is 6.98. The zero-order valence-electron chi connectivity index (χ0n) is 10.5. The summed E-state index contributed by atoms with van der Waals surface area (Å²) in [5, 5.41) is 15.4. The molecule has 2 aromatic rings. The van der Waals surface area contributed by atoms with Crippen LogP contribution in [0.15, 0.2) is 35.8 Å². The molecule has 0 saturated heterocycles. The molecule has 2 N–H and O–H groups in total. The Bertz CT molecular complexity index is 612. The molecule has 19 heavy (non-hydrogen) atoms. The van der Waals surface area contributed by atoms with Crippen molar-refractivity contribution in [1.29, 1.82) is 0 Å². The molecule has 0 fully saturated rings. The maximum absolute atomic E-state index is 11.3. The Morgan fingerprint density at radius 2 is 2.32 bits per heavy atom. The molecule has 5 heteroatoms. The van der Waals surface area contributed by atoms with Crippen LogP contribution in [0.2, 0.25) is 0 Å². The monoisotopic (exact) mass is 274 g/mol. The topological polar surface area (TPSA) is 62.2 Å². The van der Waals surface area contributed by atoms with Crippen molar-refractivity contribution in [3.8, 4) is 0 Å². The van der Waals surface area contributed by atoms with Crippen LogP contribution in [0.4, 0.5) is 0 Å². The number of rotatable bonds is 2. The lowest BCUT2D eigenvalue weighted by molar-refractivity contribution is -0.140. The first kappa shape index (κ1) is 12.3. The minimum absolute atomic E-state index is 0.506. The number of benzene rings is 1. The van der Waals surface area contributed by atoms with Crippen molar-refractivity contribution in [3.63, 3.8) is 0 Å². The summed E-state index contributed by atoms with van der Waals surface area (Å²) in [6.45, 7) is 2.00. The smallest absolute Gasteiger partial charge is 0.321 e. The molecule has 0 saturated carbocycles. The average Bonchev–Trinajstić information content (AvgIpc) is 2.93. The van der Waals surface area contributed by atoms with Gasteiger partial charge in [-0.25, -0.2) is 4.98 Å². The van der Waals surface area contributed by atoms with E-state index in [1.165, 1.54) is 11.3 Å². The van der Waals surface area contributed by atoms with Crippen LogP contribution < -0.4 is 5.32 Å². The molecule has 0 spiro atoms. The molecule has 0 bridgehead atoms. The highest BCUT2D eigenvalue weighted by molar-refractivity contribution is 7.09. The number of carboxylic acid groups (broad SMARTS) is 1. The summed E-state index contributed by atoms with van der Waals surface area (Å²) in [6.07, 6.45) is 2.26. The van der Waals surface area contributed by atoms with Crippen LogP contribution in [0.3, 0.4) is 0 Å². The maximum Gasteiger partial charge on any atom is 0.321 e. The molecule has 3 rings (SSSR count). The molecule has 2 unspecified atom stereocenters. The van der Waals surface area contributed by atoms with E-state index < -0.39 is 17.6 Å². The zero-order chi connectivity index (χ0) is 13.5. The summed E-state index contributed by atoms with van der Waals surface area (Å²) in [7, 11) is 0. The Kier molecular flexibility index (Phi) is 2.88. The van der Waals surface area contributed by atoms with Crippen molar-refractivity contribution < 1.29 is 9.90 Å². The third-order valence-corrected chi connectivity index (χ3v) is 4.60. The molecular formula is C14H14N2O2S. The fraction of sp³-hybridized carbons (Fsp3) is 0.286. The molecule has 0 amide bonds. The van der Waals surface area contributed by atoms with E-state index in [2.05, 4.69) is 10.3 Å². The van der Waals surface area contributed by atoms with Gasteiger partial charge in [0.2, 0.25) is 0 Å². The normalized spacial score (nSPS) is 25.8. The summed E-state index contributed by atoms with van der Waals surface area (Å²) in [4.78, 5) is 15.7. The second kappa shape index (κ2) is 4.43. The van der Waals surface area contributed by atoms with Crippen LogP contribution in [0.25, 0.3) is 0 Å². The molecule has 1 aliphatic heterocycles. The minimum atomic E-state index is -0.822. The van der Waals surface area contributed by atoms with Crippen molar-refractivity contribution >= 4 is 17.3 Å². The van der Waals surface area contributed by atoms with Crippen molar-refractivity contribution in [1.82, 2.24) is 10.3 Å². The third-order valence-electron chi connectivity index (χ3n) is 3.60. The van der Waals surface area contributed by atoms with Gasteiger partial charge < -0.3 is 5.11 Å². The largest absolute Gasteiger partial charge is 0.480 e. The van der Waals surface area contributed by atoms with E-state index in [4.69, 9.17) is 0 Å². The highest BCUT2D eigenvalue weighted by Crippen LogP contribution is 2.36. The second-order valence-corrected chi connectivity index (χ2v) is 5.75. The highest BCUT2D eigenvalue weighted by atomic mass is 32.1. The first-order valence-electron chi connectivity index (χ1n) is 6.10. The summed E-state index contributed by atoms with van der Waals surface area (Å²) in [5.41, 5.74) is 1.65. The number of nitrogens with one attached hydrogen (secondary N) is 1.